The molecule has 1 N–H and O–H groups in total. The standard InChI is InChI=1S/C14H30N2O3S/c1-14(2,3)12-20(17,18)16-9-6-5-7-13(16)11-15-8-10-19-4/h13,15H,5-12H2,1-4H3. The molecule has 0 aromatic heterocycles. The van der Waals surface area contributed by atoms with Gasteiger partial charge in [-0.15, -0.1) is 0 Å². The highest BCUT2D eigenvalue weighted by Crippen LogP contribution is 2.25. The smallest absolute Gasteiger partial charge is 0.214 e. The highest BCUT2D eigenvalue weighted by molar-refractivity contribution is 7.89. The number of piperidine rings is 1. The number of hydrogen-bond donors (Lipinski definition) is 1. The van der Waals surface area contributed by atoms with E-state index in [1.54, 1.807) is 11.4 Å². The van der Waals surface area contributed by atoms with Gasteiger partial charge < -0.3 is 10.1 Å². The molecule has 1 aliphatic rings. The van der Waals surface area contributed by atoms with E-state index >= 15 is 0 Å². The molecule has 1 unspecified atom stereocenters. The average molecular weight is 306 g/mol. The first-order valence-corrected chi connectivity index (χ1v) is 9.06. The number of ether oxygens (including phenoxy) is 1. The van der Waals surface area contributed by atoms with Crippen LogP contribution >= 0.6 is 0 Å². The summed E-state index contributed by atoms with van der Waals surface area (Å²) >= 11 is 0. The first-order chi connectivity index (χ1) is 9.26. The molecule has 0 bridgehead atoms. The Labute approximate surface area is 124 Å². The monoisotopic (exact) mass is 306 g/mol. The van der Waals surface area contributed by atoms with E-state index < -0.39 is 10.0 Å². The van der Waals surface area contributed by atoms with Gasteiger partial charge >= 0.3 is 0 Å². The van der Waals surface area contributed by atoms with Crippen LogP contribution in [0.4, 0.5) is 0 Å². The summed E-state index contributed by atoms with van der Waals surface area (Å²) in [6.45, 7) is 8.71. The molecule has 1 fully saturated rings. The van der Waals surface area contributed by atoms with Crippen molar-refractivity contribution < 1.29 is 13.2 Å². The maximum absolute atomic E-state index is 12.6. The molecule has 0 saturated carbocycles. The lowest BCUT2D eigenvalue weighted by Gasteiger charge is -2.36. The zero-order valence-corrected chi connectivity index (χ0v) is 14.1. The van der Waals surface area contributed by atoms with Gasteiger partial charge in [0.15, 0.2) is 0 Å². The van der Waals surface area contributed by atoms with E-state index in [4.69, 9.17) is 4.74 Å². The Morgan fingerprint density at radius 3 is 2.60 bits per heavy atom. The SMILES string of the molecule is COCCNCC1CCCCN1S(=O)(=O)CC(C)(C)C. The van der Waals surface area contributed by atoms with Crippen molar-refractivity contribution >= 4 is 10.0 Å². The zero-order chi connectivity index (χ0) is 15.2. The number of rotatable bonds is 7. The summed E-state index contributed by atoms with van der Waals surface area (Å²) in [6.07, 6.45) is 3.03. The minimum atomic E-state index is -3.17. The maximum Gasteiger partial charge on any atom is 0.214 e. The van der Waals surface area contributed by atoms with Gasteiger partial charge in [0.1, 0.15) is 0 Å². The fourth-order valence-corrected chi connectivity index (χ4v) is 4.92. The third-order valence-electron chi connectivity index (χ3n) is 3.41. The van der Waals surface area contributed by atoms with Gasteiger partial charge in [0.25, 0.3) is 0 Å². The van der Waals surface area contributed by atoms with Crippen LogP contribution in [0.15, 0.2) is 0 Å². The molecule has 120 valence electrons. The van der Waals surface area contributed by atoms with Gasteiger partial charge in [0.05, 0.1) is 12.4 Å². The van der Waals surface area contributed by atoms with Crippen LogP contribution in [0, 0.1) is 5.41 Å². The summed E-state index contributed by atoms with van der Waals surface area (Å²) in [5.41, 5.74) is -0.204. The fourth-order valence-electron chi connectivity index (χ4n) is 2.62. The number of sulfonamides is 1. The summed E-state index contributed by atoms with van der Waals surface area (Å²) in [6, 6.07) is 0.0907. The Kier molecular flexibility index (Phi) is 6.91. The molecule has 0 amide bonds. The Morgan fingerprint density at radius 1 is 1.30 bits per heavy atom. The predicted octanol–water partition coefficient (Wildman–Crippen LogP) is 1.45. The molecule has 0 radical (unpaired) electrons. The van der Waals surface area contributed by atoms with E-state index in [0.717, 1.165) is 25.8 Å². The van der Waals surface area contributed by atoms with Gasteiger partial charge in [-0.25, -0.2) is 8.42 Å². The summed E-state index contributed by atoms with van der Waals surface area (Å²) < 4.78 is 31.9. The number of hydrogen-bond acceptors (Lipinski definition) is 4. The van der Waals surface area contributed by atoms with Gasteiger partial charge in [0.2, 0.25) is 10.0 Å². The van der Waals surface area contributed by atoms with Gasteiger partial charge in [-0.2, -0.15) is 4.31 Å². The second kappa shape index (κ2) is 7.73. The molecule has 1 aliphatic heterocycles. The molecule has 0 aliphatic carbocycles. The van der Waals surface area contributed by atoms with Gasteiger partial charge in [0, 0.05) is 32.8 Å². The van der Waals surface area contributed by atoms with E-state index in [1.807, 2.05) is 20.8 Å². The maximum atomic E-state index is 12.6. The number of nitrogens with zero attached hydrogens (tertiary/aromatic N) is 1. The molecule has 6 heteroatoms. The number of methoxy groups -OCH3 is 1. The van der Waals surface area contributed by atoms with Crippen molar-refractivity contribution in [3.8, 4) is 0 Å². The zero-order valence-electron chi connectivity index (χ0n) is 13.3. The van der Waals surface area contributed by atoms with Crippen LogP contribution in [-0.4, -0.2) is 57.9 Å². The first-order valence-electron chi connectivity index (χ1n) is 7.45. The van der Waals surface area contributed by atoms with Gasteiger partial charge in [-0.1, -0.05) is 27.2 Å². The molecule has 0 spiro atoms. The average Bonchev–Trinajstić information content (AvgIpc) is 2.32. The molecule has 0 aromatic carbocycles. The van der Waals surface area contributed by atoms with Crippen LogP contribution in [-0.2, 0) is 14.8 Å². The minimum absolute atomic E-state index is 0.0907. The Morgan fingerprint density at radius 2 is 2.00 bits per heavy atom. The third-order valence-corrected chi connectivity index (χ3v) is 5.83. The molecular weight excluding hydrogens is 276 g/mol. The van der Waals surface area contributed by atoms with Crippen LogP contribution in [0.5, 0.6) is 0 Å². The molecule has 1 heterocycles. The molecule has 1 saturated heterocycles. The molecular formula is C14H30N2O3S. The summed E-state index contributed by atoms with van der Waals surface area (Å²) in [5.74, 6) is 0.217. The summed E-state index contributed by atoms with van der Waals surface area (Å²) in [4.78, 5) is 0. The molecule has 5 nitrogen and oxygen atoms in total. The van der Waals surface area contributed by atoms with E-state index in [0.29, 0.717) is 19.7 Å². The minimum Gasteiger partial charge on any atom is -0.383 e. The normalized spacial score (nSPS) is 22.1. The lowest BCUT2D eigenvalue weighted by atomic mass is 10.0. The topological polar surface area (TPSA) is 58.6 Å². The first kappa shape index (κ1) is 17.9. The largest absolute Gasteiger partial charge is 0.383 e. The quantitative estimate of drug-likeness (QED) is 0.723. The lowest BCUT2D eigenvalue weighted by Crippen LogP contribution is -2.50. The van der Waals surface area contributed by atoms with E-state index in [1.165, 1.54) is 0 Å². The van der Waals surface area contributed by atoms with Crippen molar-refractivity contribution in [2.24, 2.45) is 5.41 Å². The molecule has 0 aromatic rings. The van der Waals surface area contributed by atoms with E-state index in [-0.39, 0.29) is 17.2 Å². The lowest BCUT2D eigenvalue weighted by molar-refractivity contribution is 0.191. The summed E-state index contributed by atoms with van der Waals surface area (Å²) in [5, 5.41) is 3.29. The second-order valence-electron chi connectivity index (χ2n) is 6.77. The fraction of sp³-hybridized carbons (Fsp3) is 1.00. The highest BCUT2D eigenvalue weighted by atomic mass is 32.2. The van der Waals surface area contributed by atoms with Crippen LogP contribution in [0.2, 0.25) is 0 Å². The Bertz CT molecular complexity index is 376. The highest BCUT2D eigenvalue weighted by Gasteiger charge is 2.34. The predicted molar refractivity (Wildman–Crippen MR) is 82.3 cm³/mol. The molecule has 1 atom stereocenters. The second-order valence-corrected chi connectivity index (χ2v) is 8.70. The van der Waals surface area contributed by atoms with Crippen molar-refractivity contribution in [3.63, 3.8) is 0 Å². The molecule has 1 rings (SSSR count). The third kappa shape index (κ3) is 6.08. The van der Waals surface area contributed by atoms with Crippen molar-refractivity contribution in [2.45, 2.75) is 46.1 Å². The van der Waals surface area contributed by atoms with Crippen molar-refractivity contribution in [2.75, 3.05) is 39.1 Å². The van der Waals surface area contributed by atoms with Gasteiger partial charge in [-0.3, -0.25) is 0 Å². The number of nitrogens with one attached hydrogen (secondary N) is 1. The Balaban J connectivity index is 2.63. The Hall–Kier alpha value is -0.170. The van der Waals surface area contributed by atoms with Gasteiger partial charge in [-0.05, 0) is 18.3 Å². The van der Waals surface area contributed by atoms with E-state index in [2.05, 4.69) is 5.32 Å². The van der Waals surface area contributed by atoms with Crippen LogP contribution in [0.1, 0.15) is 40.0 Å². The van der Waals surface area contributed by atoms with E-state index in [9.17, 15) is 8.42 Å². The van der Waals surface area contributed by atoms with Crippen molar-refractivity contribution in [1.29, 1.82) is 0 Å². The van der Waals surface area contributed by atoms with Crippen LogP contribution in [0.25, 0.3) is 0 Å². The van der Waals surface area contributed by atoms with Crippen LogP contribution < -0.4 is 5.32 Å². The van der Waals surface area contributed by atoms with Crippen LogP contribution in [0.3, 0.4) is 0 Å². The summed E-state index contributed by atoms with van der Waals surface area (Å²) in [7, 11) is -1.50. The molecule has 20 heavy (non-hydrogen) atoms. The van der Waals surface area contributed by atoms with Crippen molar-refractivity contribution in [1.82, 2.24) is 9.62 Å². The van der Waals surface area contributed by atoms with Crippen molar-refractivity contribution in [3.05, 3.63) is 0 Å².